The second-order valence-corrected chi connectivity index (χ2v) is 5.09. The minimum absolute atomic E-state index is 0.318. The lowest BCUT2D eigenvalue weighted by Crippen LogP contribution is -2.04. The third-order valence-corrected chi connectivity index (χ3v) is 3.65. The molecule has 106 valence electrons. The normalized spacial score (nSPS) is 11.8. The molecule has 0 N–H and O–H groups in total. The largest absolute Gasteiger partial charge is 0.416 e. The molecule has 0 aliphatic heterocycles. The molecule has 21 heavy (non-hydrogen) atoms. The minimum Gasteiger partial charge on any atom is -0.256 e. The number of nitrogens with zero attached hydrogens (tertiary/aromatic N) is 1. The molecule has 0 unspecified atom stereocenters. The van der Waals surface area contributed by atoms with Crippen LogP contribution >= 0.6 is 12.6 Å². The van der Waals surface area contributed by atoms with Gasteiger partial charge in [0, 0.05) is 16.5 Å². The van der Waals surface area contributed by atoms with Crippen LogP contribution in [0.5, 0.6) is 0 Å². The maximum absolute atomic E-state index is 12.8. The van der Waals surface area contributed by atoms with Crippen LogP contribution in [0.4, 0.5) is 13.2 Å². The minimum atomic E-state index is -4.37. The van der Waals surface area contributed by atoms with Crippen molar-refractivity contribution in [2.75, 3.05) is 0 Å². The second-order valence-electron chi connectivity index (χ2n) is 4.61. The summed E-state index contributed by atoms with van der Waals surface area (Å²) in [6, 6.07) is 12.8. The summed E-state index contributed by atoms with van der Waals surface area (Å²) in [4.78, 5) is 4.81. The average Bonchev–Trinajstić information content (AvgIpc) is 2.46. The summed E-state index contributed by atoms with van der Waals surface area (Å²) in [5, 5.41) is 0.673. The van der Waals surface area contributed by atoms with Crippen molar-refractivity contribution in [3.63, 3.8) is 0 Å². The molecule has 2 aromatic carbocycles. The van der Waals surface area contributed by atoms with Crippen molar-refractivity contribution in [3.05, 3.63) is 60.3 Å². The van der Waals surface area contributed by atoms with Gasteiger partial charge in [-0.2, -0.15) is 13.2 Å². The Morgan fingerprint density at radius 3 is 2.38 bits per heavy atom. The van der Waals surface area contributed by atoms with Gasteiger partial charge in [0.2, 0.25) is 0 Å². The summed E-state index contributed by atoms with van der Waals surface area (Å²) >= 11 is 4.40. The lowest BCUT2D eigenvalue weighted by molar-refractivity contribution is -0.137. The summed E-state index contributed by atoms with van der Waals surface area (Å²) in [6.45, 7) is 0. The van der Waals surface area contributed by atoms with E-state index in [-0.39, 0.29) is 0 Å². The smallest absolute Gasteiger partial charge is 0.256 e. The number of hydrogen-bond acceptors (Lipinski definition) is 2. The number of aromatic nitrogens is 1. The van der Waals surface area contributed by atoms with Gasteiger partial charge in [0.1, 0.15) is 0 Å². The van der Waals surface area contributed by atoms with Gasteiger partial charge in [-0.05, 0) is 35.4 Å². The molecule has 3 rings (SSSR count). The number of halogens is 3. The van der Waals surface area contributed by atoms with Gasteiger partial charge in [0.25, 0.3) is 0 Å². The Kier molecular flexibility index (Phi) is 3.37. The number of rotatable bonds is 1. The van der Waals surface area contributed by atoms with E-state index in [2.05, 4.69) is 17.6 Å². The van der Waals surface area contributed by atoms with E-state index in [0.717, 1.165) is 28.2 Å². The fourth-order valence-electron chi connectivity index (χ4n) is 2.26. The number of thiol groups is 1. The Hall–Kier alpha value is -2.01. The van der Waals surface area contributed by atoms with Crippen molar-refractivity contribution in [1.29, 1.82) is 0 Å². The summed E-state index contributed by atoms with van der Waals surface area (Å²) < 4.78 is 38.3. The topological polar surface area (TPSA) is 12.9 Å². The van der Waals surface area contributed by atoms with Crippen LogP contribution in [0, 0.1) is 0 Å². The molecule has 0 aliphatic carbocycles. The fraction of sp³-hybridized carbons (Fsp3) is 0.0625. The van der Waals surface area contributed by atoms with Crippen molar-refractivity contribution < 1.29 is 13.2 Å². The molecule has 0 saturated carbocycles. The maximum atomic E-state index is 12.8. The zero-order valence-electron chi connectivity index (χ0n) is 10.7. The Morgan fingerprint density at radius 2 is 1.67 bits per heavy atom. The van der Waals surface area contributed by atoms with Crippen LogP contribution in [0.2, 0.25) is 0 Å². The van der Waals surface area contributed by atoms with E-state index in [4.69, 9.17) is 0 Å². The van der Waals surface area contributed by atoms with Gasteiger partial charge < -0.3 is 0 Å². The van der Waals surface area contributed by atoms with Crippen LogP contribution in [0.3, 0.4) is 0 Å². The van der Waals surface area contributed by atoms with Crippen molar-refractivity contribution >= 4 is 23.5 Å². The molecule has 1 heterocycles. The van der Waals surface area contributed by atoms with E-state index >= 15 is 0 Å². The van der Waals surface area contributed by atoms with Crippen LogP contribution in [-0.4, -0.2) is 4.98 Å². The predicted molar refractivity (Wildman–Crippen MR) is 79.4 cm³/mol. The van der Waals surface area contributed by atoms with Crippen LogP contribution in [-0.2, 0) is 6.18 Å². The highest BCUT2D eigenvalue weighted by atomic mass is 32.1. The van der Waals surface area contributed by atoms with Gasteiger partial charge in [-0.3, -0.25) is 4.98 Å². The molecule has 0 aliphatic rings. The second kappa shape index (κ2) is 5.07. The van der Waals surface area contributed by atoms with Crippen LogP contribution in [0.25, 0.3) is 22.0 Å². The highest BCUT2D eigenvalue weighted by Gasteiger charge is 2.30. The summed E-state index contributed by atoms with van der Waals surface area (Å²) in [5.74, 6) is 0. The zero-order chi connectivity index (χ0) is 15.0. The first-order valence-electron chi connectivity index (χ1n) is 6.21. The van der Waals surface area contributed by atoms with Gasteiger partial charge in [-0.1, -0.05) is 24.3 Å². The van der Waals surface area contributed by atoms with E-state index in [9.17, 15) is 13.2 Å². The van der Waals surface area contributed by atoms with Gasteiger partial charge in [0.15, 0.2) is 0 Å². The third-order valence-electron chi connectivity index (χ3n) is 3.26. The molecule has 0 radical (unpaired) electrons. The highest BCUT2D eigenvalue weighted by molar-refractivity contribution is 7.80. The molecule has 3 aromatic rings. The van der Waals surface area contributed by atoms with Crippen LogP contribution in [0.1, 0.15) is 5.56 Å². The Balaban J connectivity index is 2.25. The van der Waals surface area contributed by atoms with E-state index < -0.39 is 11.7 Å². The van der Waals surface area contributed by atoms with Gasteiger partial charge in [-0.25, -0.2) is 0 Å². The standard InChI is InChI=1S/C16H10F3NS/c17-16(18,19)10-5-6-12-11(7-8-20-14(12)9-10)13-3-1-2-4-15(13)21/h1-9,21H. The molecule has 5 heteroatoms. The predicted octanol–water partition coefficient (Wildman–Crippen LogP) is 5.21. The number of alkyl halides is 3. The van der Waals surface area contributed by atoms with Crippen LogP contribution < -0.4 is 0 Å². The fourth-order valence-corrected chi connectivity index (χ4v) is 2.54. The molecule has 0 amide bonds. The Bertz CT molecular complexity index is 812. The summed E-state index contributed by atoms with van der Waals surface area (Å²) in [6.07, 6.45) is -2.86. The molecular weight excluding hydrogens is 295 g/mol. The molecule has 0 spiro atoms. The van der Waals surface area contributed by atoms with Crippen LogP contribution in [0.15, 0.2) is 59.6 Å². The first-order valence-corrected chi connectivity index (χ1v) is 6.66. The lowest BCUT2D eigenvalue weighted by Gasteiger charge is -2.11. The molecule has 0 saturated heterocycles. The Labute approximate surface area is 124 Å². The quantitative estimate of drug-likeness (QED) is 0.609. The molecule has 1 nitrogen and oxygen atoms in total. The molecule has 1 aromatic heterocycles. The van der Waals surface area contributed by atoms with Crippen molar-refractivity contribution in [2.45, 2.75) is 11.1 Å². The first-order chi connectivity index (χ1) is 9.97. The summed E-state index contributed by atoms with van der Waals surface area (Å²) in [5.41, 5.74) is 1.31. The zero-order valence-corrected chi connectivity index (χ0v) is 11.6. The molecular formula is C16H10F3NS. The van der Waals surface area contributed by atoms with Gasteiger partial charge in [-0.15, -0.1) is 12.6 Å². The van der Waals surface area contributed by atoms with Crippen molar-refractivity contribution in [3.8, 4) is 11.1 Å². The molecule has 0 bridgehead atoms. The first kappa shape index (κ1) is 13.9. The SMILES string of the molecule is FC(F)(F)c1ccc2c(-c3ccccc3S)ccnc2c1. The van der Waals surface area contributed by atoms with Gasteiger partial charge >= 0.3 is 6.18 Å². The maximum Gasteiger partial charge on any atom is 0.416 e. The molecule has 0 atom stereocenters. The van der Waals surface area contributed by atoms with Gasteiger partial charge in [0.05, 0.1) is 11.1 Å². The average molecular weight is 305 g/mol. The lowest BCUT2D eigenvalue weighted by atomic mass is 10.00. The molecule has 0 fully saturated rings. The van der Waals surface area contributed by atoms with Crippen molar-refractivity contribution in [2.24, 2.45) is 0 Å². The number of pyridine rings is 1. The summed E-state index contributed by atoms with van der Waals surface area (Å²) in [7, 11) is 0. The van der Waals surface area contributed by atoms with E-state index in [0.29, 0.717) is 10.9 Å². The highest BCUT2D eigenvalue weighted by Crippen LogP contribution is 2.35. The number of fused-ring (bicyclic) bond motifs is 1. The van der Waals surface area contributed by atoms with E-state index in [1.165, 1.54) is 12.3 Å². The number of benzene rings is 2. The number of hydrogen-bond donors (Lipinski definition) is 1. The monoisotopic (exact) mass is 305 g/mol. The van der Waals surface area contributed by atoms with Crippen molar-refractivity contribution in [1.82, 2.24) is 4.98 Å². The Morgan fingerprint density at radius 1 is 0.905 bits per heavy atom. The third kappa shape index (κ3) is 2.61. The van der Waals surface area contributed by atoms with E-state index in [1.807, 2.05) is 24.3 Å². The van der Waals surface area contributed by atoms with E-state index in [1.54, 1.807) is 6.07 Å².